The van der Waals surface area contributed by atoms with Gasteiger partial charge in [0.05, 0.1) is 18.4 Å². The fourth-order valence-corrected chi connectivity index (χ4v) is 1.76. The lowest BCUT2D eigenvalue weighted by Crippen LogP contribution is -2.08. The number of aromatic amines is 1. The standard InChI is InChI=1S/C11H12N6/c1-8(9-6-13-14-7-9)16-11-10-2-3-15-17(10)5-4-12-11/h2-8H,1H3,(H,12,16)(H,13,14). The molecule has 6 heteroatoms. The summed E-state index contributed by atoms with van der Waals surface area (Å²) < 4.78 is 1.79. The van der Waals surface area contributed by atoms with Gasteiger partial charge in [-0.3, -0.25) is 5.10 Å². The maximum Gasteiger partial charge on any atom is 0.152 e. The molecule has 3 aromatic heterocycles. The summed E-state index contributed by atoms with van der Waals surface area (Å²) in [5, 5.41) is 14.2. The van der Waals surface area contributed by atoms with Gasteiger partial charge in [0.2, 0.25) is 0 Å². The van der Waals surface area contributed by atoms with Crippen LogP contribution < -0.4 is 5.32 Å². The van der Waals surface area contributed by atoms with Gasteiger partial charge in [0, 0.05) is 24.2 Å². The second-order valence-corrected chi connectivity index (χ2v) is 3.83. The van der Waals surface area contributed by atoms with Crippen LogP contribution in [0.2, 0.25) is 0 Å². The Labute approximate surface area is 97.7 Å². The number of H-pyrrole nitrogens is 1. The van der Waals surface area contributed by atoms with Gasteiger partial charge < -0.3 is 5.32 Å². The SMILES string of the molecule is CC(Nc1nccn2nccc12)c1cn[nH]c1. The minimum Gasteiger partial charge on any atom is -0.362 e. The lowest BCUT2D eigenvalue weighted by Gasteiger charge is -2.13. The van der Waals surface area contributed by atoms with Gasteiger partial charge in [-0.1, -0.05) is 0 Å². The van der Waals surface area contributed by atoms with E-state index in [0.29, 0.717) is 0 Å². The molecule has 2 N–H and O–H groups in total. The van der Waals surface area contributed by atoms with Crippen LogP contribution in [0.4, 0.5) is 5.82 Å². The van der Waals surface area contributed by atoms with E-state index in [4.69, 9.17) is 0 Å². The molecule has 1 unspecified atom stereocenters. The maximum atomic E-state index is 4.33. The summed E-state index contributed by atoms with van der Waals surface area (Å²) in [6.07, 6.45) is 8.97. The Bertz CT molecular complexity index is 612. The molecule has 0 aromatic carbocycles. The molecule has 3 rings (SSSR count). The number of fused-ring (bicyclic) bond motifs is 1. The van der Waals surface area contributed by atoms with Crippen molar-refractivity contribution in [3.8, 4) is 0 Å². The lowest BCUT2D eigenvalue weighted by molar-refractivity contribution is 0.867. The number of hydrogen-bond donors (Lipinski definition) is 2. The quantitative estimate of drug-likeness (QED) is 0.714. The fourth-order valence-electron chi connectivity index (χ4n) is 1.76. The minimum absolute atomic E-state index is 0.141. The highest BCUT2D eigenvalue weighted by Gasteiger charge is 2.09. The largest absolute Gasteiger partial charge is 0.362 e. The first-order valence-corrected chi connectivity index (χ1v) is 5.38. The first-order valence-electron chi connectivity index (χ1n) is 5.38. The predicted molar refractivity (Wildman–Crippen MR) is 63.6 cm³/mol. The van der Waals surface area contributed by atoms with Crippen molar-refractivity contribution in [2.24, 2.45) is 0 Å². The summed E-state index contributed by atoms with van der Waals surface area (Å²) in [4.78, 5) is 4.33. The van der Waals surface area contributed by atoms with Crippen LogP contribution in [0.3, 0.4) is 0 Å². The monoisotopic (exact) mass is 228 g/mol. The average molecular weight is 228 g/mol. The van der Waals surface area contributed by atoms with E-state index in [-0.39, 0.29) is 6.04 Å². The summed E-state index contributed by atoms with van der Waals surface area (Å²) in [7, 11) is 0. The molecule has 0 bridgehead atoms. The second kappa shape index (κ2) is 3.89. The zero-order chi connectivity index (χ0) is 11.7. The number of hydrogen-bond acceptors (Lipinski definition) is 4. The molecule has 86 valence electrons. The van der Waals surface area contributed by atoms with Gasteiger partial charge in [0.25, 0.3) is 0 Å². The van der Waals surface area contributed by atoms with E-state index in [2.05, 4.69) is 32.5 Å². The molecule has 3 heterocycles. The van der Waals surface area contributed by atoms with Gasteiger partial charge in [0.1, 0.15) is 5.52 Å². The van der Waals surface area contributed by atoms with Crippen LogP contribution in [0.5, 0.6) is 0 Å². The van der Waals surface area contributed by atoms with Gasteiger partial charge in [-0.2, -0.15) is 10.2 Å². The van der Waals surface area contributed by atoms with E-state index in [0.717, 1.165) is 16.9 Å². The highest BCUT2D eigenvalue weighted by Crippen LogP contribution is 2.19. The van der Waals surface area contributed by atoms with Crippen LogP contribution >= 0.6 is 0 Å². The number of nitrogens with zero attached hydrogens (tertiary/aromatic N) is 4. The molecular weight excluding hydrogens is 216 g/mol. The van der Waals surface area contributed by atoms with Crippen molar-refractivity contribution < 1.29 is 0 Å². The summed E-state index contributed by atoms with van der Waals surface area (Å²) >= 11 is 0. The van der Waals surface area contributed by atoms with E-state index in [1.807, 2.05) is 18.5 Å². The zero-order valence-corrected chi connectivity index (χ0v) is 9.33. The highest BCUT2D eigenvalue weighted by atomic mass is 15.2. The Morgan fingerprint density at radius 3 is 3.18 bits per heavy atom. The first kappa shape index (κ1) is 9.83. The second-order valence-electron chi connectivity index (χ2n) is 3.83. The molecule has 3 aromatic rings. The van der Waals surface area contributed by atoms with Crippen molar-refractivity contribution in [3.63, 3.8) is 0 Å². The lowest BCUT2D eigenvalue weighted by atomic mass is 10.2. The van der Waals surface area contributed by atoms with Crippen LogP contribution in [0.15, 0.2) is 37.1 Å². The summed E-state index contributed by atoms with van der Waals surface area (Å²) in [5.74, 6) is 0.818. The van der Waals surface area contributed by atoms with Gasteiger partial charge in [-0.25, -0.2) is 9.50 Å². The number of rotatable bonds is 3. The molecular formula is C11H12N6. The molecule has 0 fully saturated rings. The van der Waals surface area contributed by atoms with E-state index < -0.39 is 0 Å². The zero-order valence-electron chi connectivity index (χ0n) is 9.33. The molecule has 0 saturated carbocycles. The smallest absolute Gasteiger partial charge is 0.152 e. The van der Waals surface area contributed by atoms with Crippen molar-refractivity contribution in [1.29, 1.82) is 0 Å². The molecule has 0 aliphatic carbocycles. The van der Waals surface area contributed by atoms with Crippen LogP contribution in [-0.4, -0.2) is 24.8 Å². The Hall–Kier alpha value is -2.37. The molecule has 0 radical (unpaired) electrons. The Morgan fingerprint density at radius 2 is 2.35 bits per heavy atom. The van der Waals surface area contributed by atoms with Crippen LogP contribution in [-0.2, 0) is 0 Å². The highest BCUT2D eigenvalue weighted by molar-refractivity contribution is 5.67. The van der Waals surface area contributed by atoms with Crippen molar-refractivity contribution in [1.82, 2.24) is 24.8 Å². The Balaban J connectivity index is 1.92. The molecule has 17 heavy (non-hydrogen) atoms. The van der Waals surface area contributed by atoms with Gasteiger partial charge in [0.15, 0.2) is 5.82 Å². The minimum atomic E-state index is 0.141. The number of nitrogens with one attached hydrogen (secondary N) is 2. The molecule has 0 aliphatic rings. The third kappa shape index (κ3) is 1.73. The van der Waals surface area contributed by atoms with E-state index in [1.165, 1.54) is 0 Å². The first-order chi connectivity index (χ1) is 8.34. The van der Waals surface area contributed by atoms with Crippen molar-refractivity contribution in [3.05, 3.63) is 42.6 Å². The third-order valence-corrected chi connectivity index (χ3v) is 2.70. The van der Waals surface area contributed by atoms with Crippen molar-refractivity contribution in [2.75, 3.05) is 5.32 Å². The van der Waals surface area contributed by atoms with E-state index >= 15 is 0 Å². The van der Waals surface area contributed by atoms with E-state index in [1.54, 1.807) is 23.1 Å². The van der Waals surface area contributed by atoms with Gasteiger partial charge in [-0.05, 0) is 13.0 Å². The van der Waals surface area contributed by atoms with Crippen molar-refractivity contribution >= 4 is 11.3 Å². The van der Waals surface area contributed by atoms with Crippen LogP contribution in [0.1, 0.15) is 18.5 Å². The van der Waals surface area contributed by atoms with E-state index in [9.17, 15) is 0 Å². The summed E-state index contributed by atoms with van der Waals surface area (Å²) in [6.45, 7) is 2.06. The predicted octanol–water partition coefficient (Wildman–Crippen LogP) is 1.63. The van der Waals surface area contributed by atoms with Gasteiger partial charge in [-0.15, -0.1) is 0 Å². The molecule has 0 saturated heterocycles. The van der Waals surface area contributed by atoms with Crippen LogP contribution in [0, 0.1) is 0 Å². The molecule has 6 nitrogen and oxygen atoms in total. The summed E-state index contributed by atoms with van der Waals surface area (Å²) in [5.41, 5.74) is 2.05. The average Bonchev–Trinajstić information content (AvgIpc) is 3.00. The van der Waals surface area contributed by atoms with Crippen molar-refractivity contribution in [2.45, 2.75) is 13.0 Å². The third-order valence-electron chi connectivity index (χ3n) is 2.70. The maximum absolute atomic E-state index is 4.33. The Kier molecular flexibility index (Phi) is 2.25. The Morgan fingerprint density at radius 1 is 1.41 bits per heavy atom. The van der Waals surface area contributed by atoms with Gasteiger partial charge >= 0.3 is 0 Å². The number of aromatic nitrogens is 5. The molecule has 1 atom stereocenters. The summed E-state index contributed by atoms with van der Waals surface area (Å²) in [6, 6.07) is 2.07. The van der Waals surface area contributed by atoms with Crippen LogP contribution in [0.25, 0.3) is 5.52 Å². The topological polar surface area (TPSA) is 70.9 Å². The molecule has 0 spiro atoms. The normalized spacial score (nSPS) is 12.8. The fraction of sp³-hybridized carbons (Fsp3) is 0.182. The molecule has 0 amide bonds. The number of anilines is 1. The molecule has 0 aliphatic heterocycles.